The highest BCUT2D eigenvalue weighted by molar-refractivity contribution is 5.78. The summed E-state index contributed by atoms with van der Waals surface area (Å²) >= 11 is 0. The van der Waals surface area contributed by atoms with Crippen molar-refractivity contribution < 1.29 is 14.6 Å². The number of benzene rings is 2. The molecule has 2 aromatic rings. The van der Waals surface area contributed by atoms with Crippen molar-refractivity contribution >= 4 is 5.97 Å². The largest absolute Gasteiger partial charge is 0.508 e. The van der Waals surface area contributed by atoms with Crippen molar-refractivity contribution in [2.45, 2.75) is 19.3 Å². The highest BCUT2D eigenvalue weighted by Gasteiger charge is 2.18. The summed E-state index contributed by atoms with van der Waals surface area (Å²) in [6, 6.07) is 14.9. The molecular formula is C17H18O3. The Balaban J connectivity index is 2.25. The third kappa shape index (κ3) is 2.99. The van der Waals surface area contributed by atoms with Gasteiger partial charge in [0, 0.05) is 0 Å². The van der Waals surface area contributed by atoms with Gasteiger partial charge in [-0.15, -0.1) is 0 Å². The topological polar surface area (TPSA) is 46.5 Å². The fraction of sp³-hybridized carbons (Fsp3) is 0.235. The van der Waals surface area contributed by atoms with Crippen LogP contribution in [0.4, 0.5) is 0 Å². The first kappa shape index (κ1) is 14.1. The van der Waals surface area contributed by atoms with Crippen LogP contribution in [0.5, 0.6) is 5.75 Å². The fourth-order valence-electron chi connectivity index (χ4n) is 2.24. The summed E-state index contributed by atoms with van der Waals surface area (Å²) in [7, 11) is 1.41. The van der Waals surface area contributed by atoms with Gasteiger partial charge in [0.05, 0.1) is 13.0 Å². The van der Waals surface area contributed by atoms with E-state index >= 15 is 0 Å². The highest BCUT2D eigenvalue weighted by atomic mass is 16.5. The molecule has 0 aliphatic carbocycles. The average molecular weight is 270 g/mol. The lowest BCUT2D eigenvalue weighted by Crippen LogP contribution is -2.13. The summed E-state index contributed by atoms with van der Waals surface area (Å²) in [6.45, 7) is 1.97. The van der Waals surface area contributed by atoms with Crippen molar-refractivity contribution in [2.24, 2.45) is 0 Å². The third-order valence-electron chi connectivity index (χ3n) is 3.41. The molecule has 0 amide bonds. The van der Waals surface area contributed by atoms with Crippen LogP contribution in [0.2, 0.25) is 0 Å². The number of hydrogen-bond acceptors (Lipinski definition) is 3. The van der Waals surface area contributed by atoms with Gasteiger partial charge < -0.3 is 9.84 Å². The SMILES string of the molecule is CC[C@@H](C(=O)OC)c1ccc(-c2ccc(O)cc2)cc1. The van der Waals surface area contributed by atoms with Crippen LogP contribution < -0.4 is 0 Å². The van der Waals surface area contributed by atoms with Crippen LogP contribution >= 0.6 is 0 Å². The van der Waals surface area contributed by atoms with E-state index in [1.165, 1.54) is 7.11 Å². The van der Waals surface area contributed by atoms with Gasteiger partial charge >= 0.3 is 5.97 Å². The maximum Gasteiger partial charge on any atom is 0.313 e. The Bertz CT molecular complexity index is 570. The summed E-state index contributed by atoms with van der Waals surface area (Å²) in [4.78, 5) is 11.7. The first-order valence-electron chi connectivity index (χ1n) is 6.63. The van der Waals surface area contributed by atoms with Crippen LogP contribution in [0.15, 0.2) is 48.5 Å². The molecule has 1 atom stereocenters. The van der Waals surface area contributed by atoms with E-state index < -0.39 is 0 Å². The zero-order valence-electron chi connectivity index (χ0n) is 11.7. The minimum Gasteiger partial charge on any atom is -0.508 e. The molecule has 2 aromatic carbocycles. The Kier molecular flexibility index (Phi) is 4.41. The quantitative estimate of drug-likeness (QED) is 0.861. The van der Waals surface area contributed by atoms with E-state index in [0.717, 1.165) is 16.7 Å². The molecule has 1 N–H and O–H groups in total. The molecular weight excluding hydrogens is 252 g/mol. The van der Waals surface area contributed by atoms with Crippen molar-refractivity contribution in [3.8, 4) is 16.9 Å². The Morgan fingerprint density at radius 2 is 1.55 bits per heavy atom. The second-order valence-corrected chi connectivity index (χ2v) is 4.65. The van der Waals surface area contributed by atoms with Gasteiger partial charge in [-0.2, -0.15) is 0 Å². The molecule has 2 rings (SSSR count). The zero-order valence-corrected chi connectivity index (χ0v) is 11.7. The monoisotopic (exact) mass is 270 g/mol. The minimum atomic E-state index is -0.214. The molecule has 0 fully saturated rings. The van der Waals surface area contributed by atoms with Crippen molar-refractivity contribution in [3.63, 3.8) is 0 Å². The summed E-state index contributed by atoms with van der Waals surface area (Å²) in [5.74, 6) is -0.166. The number of methoxy groups -OCH3 is 1. The van der Waals surface area contributed by atoms with Gasteiger partial charge in [0.15, 0.2) is 0 Å². The molecule has 0 aromatic heterocycles. The van der Waals surface area contributed by atoms with Gasteiger partial charge in [0.2, 0.25) is 0 Å². The molecule has 0 saturated carbocycles. The molecule has 20 heavy (non-hydrogen) atoms. The maximum atomic E-state index is 11.7. The van der Waals surface area contributed by atoms with Gasteiger partial charge in [-0.25, -0.2) is 0 Å². The Labute approximate surface area is 118 Å². The molecule has 0 aliphatic heterocycles. The number of rotatable bonds is 4. The summed E-state index contributed by atoms with van der Waals surface area (Å²) in [5.41, 5.74) is 3.04. The number of phenols is 1. The first-order chi connectivity index (χ1) is 9.65. The number of carbonyl (C=O) groups is 1. The maximum absolute atomic E-state index is 11.7. The third-order valence-corrected chi connectivity index (χ3v) is 3.41. The average Bonchev–Trinajstić information content (AvgIpc) is 2.49. The number of aromatic hydroxyl groups is 1. The number of carbonyl (C=O) groups excluding carboxylic acids is 1. The van der Waals surface area contributed by atoms with E-state index in [1.54, 1.807) is 12.1 Å². The molecule has 3 nitrogen and oxygen atoms in total. The van der Waals surface area contributed by atoms with Gasteiger partial charge in [0.1, 0.15) is 5.75 Å². The molecule has 0 unspecified atom stereocenters. The van der Waals surface area contributed by atoms with E-state index in [1.807, 2.05) is 43.3 Å². The van der Waals surface area contributed by atoms with Crippen LogP contribution in [0.1, 0.15) is 24.8 Å². The van der Waals surface area contributed by atoms with Crippen LogP contribution in [0.3, 0.4) is 0 Å². The van der Waals surface area contributed by atoms with E-state index in [-0.39, 0.29) is 17.6 Å². The second-order valence-electron chi connectivity index (χ2n) is 4.65. The Hall–Kier alpha value is -2.29. The molecule has 0 spiro atoms. The van der Waals surface area contributed by atoms with Crippen LogP contribution in [-0.2, 0) is 9.53 Å². The van der Waals surface area contributed by atoms with Crippen LogP contribution in [-0.4, -0.2) is 18.2 Å². The normalized spacial score (nSPS) is 11.9. The standard InChI is InChI=1S/C17H18O3/c1-3-16(17(19)20-2)14-6-4-12(5-7-14)13-8-10-15(18)11-9-13/h4-11,16,18H,3H2,1-2H3/t16-/m1/s1. The second kappa shape index (κ2) is 6.24. The molecule has 0 aliphatic rings. The van der Waals surface area contributed by atoms with Crippen molar-refractivity contribution in [2.75, 3.05) is 7.11 Å². The van der Waals surface area contributed by atoms with E-state index in [4.69, 9.17) is 4.74 Å². The van der Waals surface area contributed by atoms with Crippen molar-refractivity contribution in [3.05, 3.63) is 54.1 Å². The lowest BCUT2D eigenvalue weighted by molar-refractivity contribution is -0.142. The smallest absolute Gasteiger partial charge is 0.313 e. The molecule has 0 radical (unpaired) electrons. The summed E-state index contributed by atoms with van der Waals surface area (Å²) in [5, 5.41) is 9.29. The minimum absolute atomic E-state index is 0.204. The number of esters is 1. The van der Waals surface area contributed by atoms with Crippen LogP contribution in [0, 0.1) is 0 Å². The lowest BCUT2D eigenvalue weighted by atomic mass is 9.94. The number of phenolic OH excluding ortho intramolecular Hbond substituents is 1. The first-order valence-corrected chi connectivity index (χ1v) is 6.63. The molecule has 0 heterocycles. The Morgan fingerprint density at radius 1 is 1.05 bits per heavy atom. The van der Waals surface area contributed by atoms with E-state index in [2.05, 4.69) is 0 Å². The highest BCUT2D eigenvalue weighted by Crippen LogP contribution is 2.26. The molecule has 3 heteroatoms. The van der Waals surface area contributed by atoms with Gasteiger partial charge in [-0.1, -0.05) is 43.3 Å². The van der Waals surface area contributed by atoms with Gasteiger partial charge in [-0.05, 0) is 35.2 Å². The summed E-state index contributed by atoms with van der Waals surface area (Å²) < 4.78 is 4.82. The van der Waals surface area contributed by atoms with E-state index in [0.29, 0.717) is 6.42 Å². The zero-order chi connectivity index (χ0) is 14.5. The predicted molar refractivity (Wildman–Crippen MR) is 78.6 cm³/mol. The lowest BCUT2D eigenvalue weighted by Gasteiger charge is -2.13. The van der Waals surface area contributed by atoms with Crippen molar-refractivity contribution in [1.29, 1.82) is 0 Å². The molecule has 104 valence electrons. The van der Waals surface area contributed by atoms with Crippen LogP contribution in [0.25, 0.3) is 11.1 Å². The number of ether oxygens (including phenoxy) is 1. The Morgan fingerprint density at radius 3 is 2.00 bits per heavy atom. The number of hydrogen-bond donors (Lipinski definition) is 1. The van der Waals surface area contributed by atoms with Gasteiger partial charge in [0.25, 0.3) is 0 Å². The van der Waals surface area contributed by atoms with Crippen molar-refractivity contribution in [1.82, 2.24) is 0 Å². The predicted octanol–water partition coefficient (Wildman–Crippen LogP) is 3.73. The molecule has 0 bridgehead atoms. The van der Waals surface area contributed by atoms with Gasteiger partial charge in [-0.3, -0.25) is 4.79 Å². The molecule has 0 saturated heterocycles. The summed E-state index contributed by atoms with van der Waals surface area (Å²) in [6.07, 6.45) is 0.714. The van der Waals surface area contributed by atoms with E-state index in [9.17, 15) is 9.90 Å². The fourth-order valence-corrected chi connectivity index (χ4v) is 2.24.